The third-order valence-corrected chi connectivity index (χ3v) is 5.02. The van der Waals surface area contributed by atoms with Crippen molar-refractivity contribution in [2.24, 2.45) is 0 Å². The summed E-state index contributed by atoms with van der Waals surface area (Å²) in [6, 6.07) is 5.61. The van der Waals surface area contributed by atoms with Crippen molar-refractivity contribution in [3.8, 4) is 0 Å². The maximum Gasteiger partial charge on any atom is 0.243 e. The first-order valence-corrected chi connectivity index (χ1v) is 10.2. The quantitative estimate of drug-likeness (QED) is 0.683. The summed E-state index contributed by atoms with van der Waals surface area (Å²) in [7, 11) is 1.57. The van der Waals surface area contributed by atoms with Gasteiger partial charge < -0.3 is 20.1 Å². The summed E-state index contributed by atoms with van der Waals surface area (Å²) in [6.07, 6.45) is 0. The third-order valence-electron chi connectivity index (χ3n) is 4.10. The maximum absolute atomic E-state index is 12.3. The van der Waals surface area contributed by atoms with Gasteiger partial charge in [-0.05, 0) is 38.8 Å². The van der Waals surface area contributed by atoms with Gasteiger partial charge in [0.1, 0.15) is 5.76 Å². The van der Waals surface area contributed by atoms with Crippen molar-refractivity contribution in [1.82, 2.24) is 10.1 Å². The molecule has 3 amide bonds. The largest absolute Gasteiger partial charge is 0.360 e. The summed E-state index contributed by atoms with van der Waals surface area (Å²) >= 11 is 1.17. The van der Waals surface area contributed by atoms with Crippen LogP contribution in [0.5, 0.6) is 0 Å². The molecule has 2 N–H and O–H groups in total. The highest BCUT2D eigenvalue weighted by molar-refractivity contribution is 8.00. The molecule has 0 spiro atoms. The Morgan fingerprint density at radius 3 is 2.24 bits per heavy atom. The van der Waals surface area contributed by atoms with Crippen LogP contribution in [0.25, 0.3) is 0 Å². The smallest absolute Gasteiger partial charge is 0.243 e. The van der Waals surface area contributed by atoms with Gasteiger partial charge in [-0.1, -0.05) is 22.9 Å². The van der Waals surface area contributed by atoms with Crippen molar-refractivity contribution in [1.29, 1.82) is 0 Å². The highest BCUT2D eigenvalue weighted by Gasteiger charge is 2.16. The van der Waals surface area contributed by atoms with Gasteiger partial charge in [0.05, 0.1) is 18.1 Å². The van der Waals surface area contributed by atoms with Gasteiger partial charge in [-0.3, -0.25) is 14.4 Å². The van der Waals surface area contributed by atoms with Crippen LogP contribution in [0, 0.1) is 27.7 Å². The van der Waals surface area contributed by atoms with Crippen molar-refractivity contribution in [3.63, 3.8) is 0 Å². The topological polar surface area (TPSA) is 105 Å². The van der Waals surface area contributed by atoms with Gasteiger partial charge in [0.15, 0.2) is 5.82 Å². The van der Waals surface area contributed by atoms with E-state index in [1.807, 2.05) is 32.9 Å². The Morgan fingerprint density at radius 1 is 1.00 bits per heavy atom. The van der Waals surface area contributed by atoms with Gasteiger partial charge in [-0.2, -0.15) is 0 Å². The molecule has 2 rings (SSSR count). The number of hydrogen-bond acceptors (Lipinski definition) is 6. The van der Waals surface area contributed by atoms with E-state index in [0.717, 1.165) is 22.4 Å². The second-order valence-corrected chi connectivity index (χ2v) is 7.92. The fraction of sp³-hybridized carbons (Fsp3) is 0.400. The second kappa shape index (κ2) is 10.1. The molecular weight excluding hydrogens is 392 g/mol. The molecule has 0 aliphatic carbocycles. The zero-order valence-electron chi connectivity index (χ0n) is 17.3. The second-order valence-electron chi connectivity index (χ2n) is 6.94. The fourth-order valence-electron chi connectivity index (χ4n) is 2.81. The number of aromatic nitrogens is 1. The van der Waals surface area contributed by atoms with Crippen LogP contribution in [0.3, 0.4) is 0 Å². The van der Waals surface area contributed by atoms with E-state index in [1.54, 1.807) is 20.0 Å². The van der Waals surface area contributed by atoms with E-state index in [1.165, 1.54) is 16.7 Å². The molecule has 29 heavy (non-hydrogen) atoms. The van der Waals surface area contributed by atoms with E-state index >= 15 is 0 Å². The zero-order chi connectivity index (χ0) is 21.6. The number of thioether (sulfide) groups is 1. The average Bonchev–Trinajstić information content (AvgIpc) is 3.02. The first-order chi connectivity index (χ1) is 13.7. The summed E-state index contributed by atoms with van der Waals surface area (Å²) < 4.78 is 4.87. The minimum absolute atomic E-state index is 0.0590. The van der Waals surface area contributed by atoms with Crippen LogP contribution in [0.4, 0.5) is 11.5 Å². The number of benzene rings is 1. The van der Waals surface area contributed by atoms with Crippen molar-refractivity contribution in [2.75, 3.05) is 35.7 Å². The molecule has 2 aromatic rings. The lowest BCUT2D eigenvalue weighted by molar-refractivity contribution is -0.131. The van der Waals surface area contributed by atoms with Crippen LogP contribution >= 0.6 is 11.8 Å². The highest BCUT2D eigenvalue weighted by Crippen LogP contribution is 2.21. The molecule has 0 aliphatic heterocycles. The average molecular weight is 419 g/mol. The van der Waals surface area contributed by atoms with Gasteiger partial charge in [-0.25, -0.2) is 0 Å². The van der Waals surface area contributed by atoms with Crippen molar-refractivity contribution in [2.45, 2.75) is 27.7 Å². The third kappa shape index (κ3) is 6.94. The molecule has 0 fully saturated rings. The van der Waals surface area contributed by atoms with E-state index in [9.17, 15) is 14.4 Å². The molecule has 0 atom stereocenters. The predicted molar refractivity (Wildman–Crippen MR) is 114 cm³/mol. The molecule has 0 bridgehead atoms. The number of rotatable bonds is 8. The number of hydrogen-bond donors (Lipinski definition) is 2. The molecule has 1 aromatic carbocycles. The van der Waals surface area contributed by atoms with E-state index in [-0.39, 0.29) is 35.8 Å². The fourth-order valence-corrected chi connectivity index (χ4v) is 3.56. The minimum atomic E-state index is -0.276. The van der Waals surface area contributed by atoms with E-state index in [4.69, 9.17) is 4.52 Å². The molecule has 0 saturated carbocycles. The zero-order valence-corrected chi connectivity index (χ0v) is 18.1. The van der Waals surface area contributed by atoms with Crippen LogP contribution in [-0.4, -0.2) is 52.9 Å². The van der Waals surface area contributed by atoms with Gasteiger partial charge in [0.2, 0.25) is 17.7 Å². The minimum Gasteiger partial charge on any atom is -0.360 e. The number of nitrogens with zero attached hydrogens (tertiary/aromatic N) is 2. The Morgan fingerprint density at radius 2 is 1.66 bits per heavy atom. The van der Waals surface area contributed by atoms with Crippen LogP contribution in [-0.2, 0) is 14.4 Å². The molecule has 8 nitrogen and oxygen atoms in total. The van der Waals surface area contributed by atoms with Crippen LogP contribution in [0.15, 0.2) is 22.7 Å². The van der Waals surface area contributed by atoms with E-state index in [0.29, 0.717) is 11.6 Å². The summed E-state index contributed by atoms with van der Waals surface area (Å²) in [4.78, 5) is 37.7. The van der Waals surface area contributed by atoms with Crippen LogP contribution in [0.2, 0.25) is 0 Å². The SMILES string of the molecule is Cc1cc(C)c(NC(=O)CN(C)C(=O)CSCC(=O)Nc2cc(C)on2)c(C)c1. The maximum atomic E-state index is 12.3. The number of amides is 3. The molecular formula is C20H26N4O4S. The molecule has 9 heteroatoms. The van der Waals surface area contributed by atoms with E-state index in [2.05, 4.69) is 15.8 Å². The van der Waals surface area contributed by atoms with Gasteiger partial charge >= 0.3 is 0 Å². The lowest BCUT2D eigenvalue weighted by Crippen LogP contribution is -2.36. The van der Waals surface area contributed by atoms with Crippen LogP contribution in [0.1, 0.15) is 22.5 Å². The normalized spacial score (nSPS) is 10.5. The molecule has 0 unspecified atom stereocenters. The summed E-state index contributed by atoms with van der Waals surface area (Å²) in [5.41, 5.74) is 3.86. The Kier molecular flexibility index (Phi) is 7.83. The molecule has 0 aliphatic rings. The number of aryl methyl sites for hydroxylation is 4. The van der Waals surface area contributed by atoms with Gasteiger partial charge in [-0.15, -0.1) is 11.8 Å². The number of nitrogens with one attached hydrogen (secondary N) is 2. The summed E-state index contributed by atoms with van der Waals surface area (Å²) in [6.45, 7) is 7.54. The summed E-state index contributed by atoms with van der Waals surface area (Å²) in [5.74, 6) is 0.361. The number of anilines is 2. The molecule has 1 heterocycles. The number of carbonyl (C=O) groups is 3. The van der Waals surface area contributed by atoms with Crippen molar-refractivity contribution < 1.29 is 18.9 Å². The van der Waals surface area contributed by atoms with Crippen molar-refractivity contribution >= 4 is 41.0 Å². The Balaban J connectivity index is 1.75. The number of carbonyl (C=O) groups excluding carboxylic acids is 3. The Labute approximate surface area is 174 Å². The molecule has 156 valence electrons. The monoisotopic (exact) mass is 418 g/mol. The summed E-state index contributed by atoms with van der Waals surface area (Å²) in [5, 5.41) is 9.14. The first-order valence-electron chi connectivity index (χ1n) is 9.08. The number of likely N-dealkylation sites (N-methyl/N-ethyl adjacent to an activating group) is 1. The molecule has 0 radical (unpaired) electrons. The predicted octanol–water partition coefficient (Wildman–Crippen LogP) is 2.68. The Bertz CT molecular complexity index is 887. The molecule has 0 saturated heterocycles. The standard InChI is InChI=1S/C20H26N4O4S/c1-12-6-13(2)20(14(3)7-12)22-17(25)9-24(5)19(27)11-29-10-18(26)21-16-8-15(4)28-23-16/h6-8H,9-11H2,1-5H3,(H,22,25)(H,21,23,26). The Hall–Kier alpha value is -2.81. The molecule has 1 aromatic heterocycles. The first kappa shape index (κ1) is 22.5. The van der Waals surface area contributed by atoms with Gasteiger partial charge in [0, 0.05) is 18.8 Å². The highest BCUT2D eigenvalue weighted by atomic mass is 32.2. The van der Waals surface area contributed by atoms with Gasteiger partial charge in [0.25, 0.3) is 0 Å². The lowest BCUT2D eigenvalue weighted by Gasteiger charge is -2.18. The lowest BCUT2D eigenvalue weighted by atomic mass is 10.1. The van der Waals surface area contributed by atoms with Crippen molar-refractivity contribution in [3.05, 3.63) is 40.6 Å². The van der Waals surface area contributed by atoms with Crippen LogP contribution < -0.4 is 10.6 Å². The van der Waals surface area contributed by atoms with E-state index < -0.39 is 0 Å².